The summed E-state index contributed by atoms with van der Waals surface area (Å²) in [6.07, 6.45) is 1.55. The topological polar surface area (TPSA) is 30.0 Å². The van der Waals surface area contributed by atoms with E-state index in [2.05, 4.69) is 4.98 Å². The summed E-state index contributed by atoms with van der Waals surface area (Å²) in [7, 11) is 0. The molecule has 4 heteroatoms. The fourth-order valence-electron chi connectivity index (χ4n) is 2.11. The summed E-state index contributed by atoms with van der Waals surface area (Å²) in [6, 6.07) is 12.9. The fraction of sp³-hybridized carbons (Fsp3) is 0. The first kappa shape index (κ1) is 12.8. The molecule has 0 saturated carbocycles. The highest BCUT2D eigenvalue weighted by Gasteiger charge is 2.16. The van der Waals surface area contributed by atoms with Crippen molar-refractivity contribution < 1.29 is 9.18 Å². The molecule has 0 radical (unpaired) electrons. The number of ketones is 1. The van der Waals surface area contributed by atoms with E-state index in [4.69, 9.17) is 11.6 Å². The minimum atomic E-state index is -0.622. The van der Waals surface area contributed by atoms with Crippen molar-refractivity contribution >= 4 is 28.3 Å². The van der Waals surface area contributed by atoms with Gasteiger partial charge in [-0.3, -0.25) is 9.78 Å². The molecule has 0 unspecified atom stereocenters. The van der Waals surface area contributed by atoms with E-state index in [0.717, 1.165) is 6.07 Å². The summed E-state index contributed by atoms with van der Waals surface area (Å²) in [5, 5.41) is 0.966. The first-order valence-electron chi connectivity index (χ1n) is 6.00. The van der Waals surface area contributed by atoms with Crippen LogP contribution in [0.5, 0.6) is 0 Å². The van der Waals surface area contributed by atoms with Crippen molar-refractivity contribution in [2.75, 3.05) is 0 Å². The van der Waals surface area contributed by atoms with E-state index in [1.54, 1.807) is 18.3 Å². The molecule has 0 aliphatic heterocycles. The Morgan fingerprint density at radius 3 is 2.65 bits per heavy atom. The molecular formula is C16H9ClFNO. The number of fused-ring (bicyclic) bond motifs is 1. The monoisotopic (exact) mass is 285 g/mol. The van der Waals surface area contributed by atoms with Gasteiger partial charge in [0.25, 0.3) is 0 Å². The van der Waals surface area contributed by atoms with Gasteiger partial charge in [0, 0.05) is 22.2 Å². The Kier molecular flexibility index (Phi) is 3.20. The molecule has 0 bridgehead atoms. The molecule has 2 nitrogen and oxygen atoms in total. The van der Waals surface area contributed by atoms with Crippen LogP contribution in [0.2, 0.25) is 5.02 Å². The van der Waals surface area contributed by atoms with Crippen LogP contribution in [0.15, 0.2) is 54.7 Å². The minimum Gasteiger partial charge on any atom is -0.288 e. The van der Waals surface area contributed by atoms with E-state index in [9.17, 15) is 9.18 Å². The van der Waals surface area contributed by atoms with E-state index in [1.807, 2.05) is 18.2 Å². The molecule has 0 atom stereocenters. The normalized spacial score (nSPS) is 10.7. The molecule has 0 saturated heterocycles. The summed E-state index contributed by atoms with van der Waals surface area (Å²) in [6.45, 7) is 0. The number of carbonyl (C=O) groups is 1. The van der Waals surface area contributed by atoms with Gasteiger partial charge in [0.1, 0.15) is 5.82 Å². The largest absolute Gasteiger partial charge is 0.288 e. The SMILES string of the molecule is O=C(c1ccc(Cl)cc1F)c1ccnc2ccccc12. The second-order valence-corrected chi connectivity index (χ2v) is 4.77. The van der Waals surface area contributed by atoms with Crippen LogP contribution in [-0.2, 0) is 0 Å². The summed E-state index contributed by atoms with van der Waals surface area (Å²) < 4.78 is 13.9. The van der Waals surface area contributed by atoms with Gasteiger partial charge in [-0.25, -0.2) is 4.39 Å². The molecule has 3 aromatic rings. The predicted octanol–water partition coefficient (Wildman–Crippen LogP) is 4.26. The lowest BCUT2D eigenvalue weighted by Gasteiger charge is -2.06. The molecule has 1 aromatic heterocycles. The van der Waals surface area contributed by atoms with Gasteiger partial charge in [-0.2, -0.15) is 0 Å². The van der Waals surface area contributed by atoms with Gasteiger partial charge in [0.05, 0.1) is 11.1 Å². The standard InChI is InChI=1S/C16H9ClFNO/c17-10-5-6-13(14(18)9-10)16(20)12-7-8-19-15-4-2-1-3-11(12)15/h1-9H. The van der Waals surface area contributed by atoms with Crippen molar-refractivity contribution in [3.8, 4) is 0 Å². The number of hydrogen-bond donors (Lipinski definition) is 0. The first-order valence-corrected chi connectivity index (χ1v) is 6.38. The lowest BCUT2D eigenvalue weighted by Crippen LogP contribution is -2.05. The maximum Gasteiger partial charge on any atom is 0.196 e. The average molecular weight is 286 g/mol. The quantitative estimate of drug-likeness (QED) is 0.659. The molecular weight excluding hydrogens is 277 g/mol. The maximum absolute atomic E-state index is 13.9. The summed E-state index contributed by atoms with van der Waals surface area (Å²) in [5.74, 6) is -0.999. The molecule has 2 aromatic carbocycles. The van der Waals surface area contributed by atoms with E-state index < -0.39 is 5.82 Å². The number of benzene rings is 2. The van der Waals surface area contributed by atoms with Crippen molar-refractivity contribution in [3.63, 3.8) is 0 Å². The minimum absolute atomic E-state index is 0.00533. The van der Waals surface area contributed by atoms with Gasteiger partial charge in [0.15, 0.2) is 5.78 Å². The van der Waals surface area contributed by atoms with Crippen LogP contribution in [0.1, 0.15) is 15.9 Å². The third-order valence-corrected chi connectivity index (χ3v) is 3.30. The van der Waals surface area contributed by atoms with Gasteiger partial charge in [-0.1, -0.05) is 29.8 Å². The molecule has 20 heavy (non-hydrogen) atoms. The lowest BCUT2D eigenvalue weighted by molar-refractivity contribution is 0.103. The smallest absolute Gasteiger partial charge is 0.196 e. The van der Waals surface area contributed by atoms with Crippen molar-refractivity contribution in [1.82, 2.24) is 4.98 Å². The van der Waals surface area contributed by atoms with E-state index in [0.29, 0.717) is 16.5 Å². The zero-order valence-electron chi connectivity index (χ0n) is 10.3. The maximum atomic E-state index is 13.9. The number of aromatic nitrogens is 1. The Balaban J connectivity index is 2.18. The Morgan fingerprint density at radius 2 is 1.85 bits per heavy atom. The molecule has 0 amide bonds. The molecule has 0 fully saturated rings. The van der Waals surface area contributed by atoms with Gasteiger partial charge < -0.3 is 0 Å². The predicted molar refractivity (Wildman–Crippen MR) is 76.6 cm³/mol. The summed E-state index contributed by atoms with van der Waals surface area (Å²) in [4.78, 5) is 16.7. The number of pyridine rings is 1. The first-order chi connectivity index (χ1) is 9.66. The number of rotatable bonds is 2. The van der Waals surface area contributed by atoms with Crippen LogP contribution in [-0.4, -0.2) is 10.8 Å². The van der Waals surface area contributed by atoms with E-state index >= 15 is 0 Å². The van der Waals surface area contributed by atoms with Crippen LogP contribution in [0.25, 0.3) is 10.9 Å². The summed E-state index contributed by atoms with van der Waals surface area (Å²) in [5.41, 5.74) is 1.13. The molecule has 3 rings (SSSR count). The second kappa shape index (κ2) is 5.02. The van der Waals surface area contributed by atoms with Gasteiger partial charge >= 0.3 is 0 Å². The number of hydrogen-bond acceptors (Lipinski definition) is 2. The van der Waals surface area contributed by atoms with Crippen LogP contribution in [0.4, 0.5) is 4.39 Å². The Hall–Kier alpha value is -2.26. The Morgan fingerprint density at radius 1 is 1.05 bits per heavy atom. The average Bonchev–Trinajstić information content (AvgIpc) is 2.46. The van der Waals surface area contributed by atoms with E-state index in [-0.39, 0.29) is 16.4 Å². The second-order valence-electron chi connectivity index (χ2n) is 4.33. The van der Waals surface area contributed by atoms with Crippen LogP contribution >= 0.6 is 11.6 Å². The van der Waals surface area contributed by atoms with Gasteiger partial charge in [0.2, 0.25) is 0 Å². The van der Waals surface area contributed by atoms with E-state index in [1.165, 1.54) is 12.1 Å². The molecule has 0 N–H and O–H groups in total. The highest BCUT2D eigenvalue weighted by molar-refractivity contribution is 6.30. The highest BCUT2D eigenvalue weighted by atomic mass is 35.5. The van der Waals surface area contributed by atoms with Crippen molar-refractivity contribution in [2.24, 2.45) is 0 Å². The van der Waals surface area contributed by atoms with Crippen LogP contribution < -0.4 is 0 Å². The lowest BCUT2D eigenvalue weighted by atomic mass is 9.99. The fourth-order valence-corrected chi connectivity index (χ4v) is 2.27. The third-order valence-electron chi connectivity index (χ3n) is 3.07. The van der Waals surface area contributed by atoms with Crippen molar-refractivity contribution in [3.05, 3.63) is 76.7 Å². The number of nitrogens with zero attached hydrogens (tertiary/aromatic N) is 1. The molecule has 1 heterocycles. The number of halogens is 2. The molecule has 0 aliphatic rings. The highest BCUT2D eigenvalue weighted by Crippen LogP contribution is 2.22. The van der Waals surface area contributed by atoms with Crippen molar-refractivity contribution in [1.29, 1.82) is 0 Å². The van der Waals surface area contributed by atoms with Gasteiger partial charge in [-0.05, 0) is 30.3 Å². The third kappa shape index (κ3) is 2.17. The molecule has 0 spiro atoms. The van der Waals surface area contributed by atoms with Crippen molar-refractivity contribution in [2.45, 2.75) is 0 Å². The summed E-state index contributed by atoms with van der Waals surface area (Å²) >= 11 is 5.70. The molecule has 0 aliphatic carbocycles. The number of carbonyl (C=O) groups excluding carboxylic acids is 1. The Labute approximate surface area is 119 Å². The Bertz CT molecular complexity index is 811. The van der Waals surface area contributed by atoms with Gasteiger partial charge in [-0.15, -0.1) is 0 Å². The molecule has 98 valence electrons. The van der Waals surface area contributed by atoms with Crippen LogP contribution in [0.3, 0.4) is 0 Å². The zero-order valence-corrected chi connectivity index (χ0v) is 11.1. The zero-order chi connectivity index (χ0) is 14.1. The number of para-hydroxylation sites is 1. The van der Waals surface area contributed by atoms with Crippen LogP contribution in [0, 0.1) is 5.82 Å².